The highest BCUT2D eigenvalue weighted by molar-refractivity contribution is 4.80. The fourth-order valence-corrected chi connectivity index (χ4v) is 1.50. The molecule has 78 valence electrons. The van der Waals surface area contributed by atoms with E-state index in [1.807, 2.05) is 0 Å². The molecule has 1 aliphatic rings. The maximum absolute atomic E-state index is 3.32. The van der Waals surface area contributed by atoms with Crippen LogP contribution in [-0.2, 0) is 0 Å². The molecule has 2 heteroatoms. The van der Waals surface area contributed by atoms with Crippen molar-refractivity contribution in [2.24, 2.45) is 5.92 Å². The van der Waals surface area contributed by atoms with E-state index in [4.69, 9.17) is 0 Å². The van der Waals surface area contributed by atoms with E-state index in [-0.39, 0.29) is 0 Å². The zero-order valence-corrected chi connectivity index (χ0v) is 9.56. The molecule has 0 aromatic heterocycles. The zero-order chi connectivity index (χ0) is 9.90. The smallest absolute Gasteiger partial charge is 0.0147 e. The third-order valence-electron chi connectivity index (χ3n) is 3.64. The van der Waals surface area contributed by atoms with Gasteiger partial charge in [-0.3, -0.25) is 0 Å². The molecular formula is C11H24N2. The predicted molar refractivity (Wildman–Crippen MR) is 58.0 cm³/mol. The van der Waals surface area contributed by atoms with Crippen molar-refractivity contribution in [2.45, 2.75) is 39.2 Å². The van der Waals surface area contributed by atoms with Crippen molar-refractivity contribution in [1.82, 2.24) is 10.2 Å². The quantitative estimate of drug-likeness (QED) is 0.700. The van der Waals surface area contributed by atoms with E-state index in [1.54, 1.807) is 0 Å². The monoisotopic (exact) mass is 184 g/mol. The van der Waals surface area contributed by atoms with Gasteiger partial charge in [0.2, 0.25) is 0 Å². The molecule has 0 bridgehead atoms. The van der Waals surface area contributed by atoms with E-state index in [9.17, 15) is 0 Å². The van der Waals surface area contributed by atoms with Crippen LogP contribution in [0.2, 0.25) is 0 Å². The lowest BCUT2D eigenvalue weighted by atomic mass is 9.96. The molecule has 0 aliphatic carbocycles. The van der Waals surface area contributed by atoms with E-state index in [1.165, 1.54) is 32.5 Å². The Balaban J connectivity index is 2.19. The van der Waals surface area contributed by atoms with Gasteiger partial charge in [0.25, 0.3) is 0 Å². The van der Waals surface area contributed by atoms with Crippen LogP contribution in [0.15, 0.2) is 0 Å². The Morgan fingerprint density at radius 2 is 2.00 bits per heavy atom. The molecule has 0 saturated carbocycles. The second-order valence-electron chi connectivity index (χ2n) is 4.90. The van der Waals surface area contributed by atoms with Crippen LogP contribution in [-0.4, -0.2) is 37.1 Å². The third kappa shape index (κ3) is 2.96. The molecule has 0 aromatic carbocycles. The Morgan fingerprint density at radius 1 is 1.38 bits per heavy atom. The van der Waals surface area contributed by atoms with Crippen molar-refractivity contribution in [3.63, 3.8) is 0 Å². The van der Waals surface area contributed by atoms with Crippen LogP contribution in [0.3, 0.4) is 0 Å². The van der Waals surface area contributed by atoms with E-state index in [0.717, 1.165) is 5.92 Å². The highest BCUT2D eigenvalue weighted by Crippen LogP contribution is 2.18. The van der Waals surface area contributed by atoms with Crippen molar-refractivity contribution in [3.05, 3.63) is 0 Å². The van der Waals surface area contributed by atoms with Crippen molar-refractivity contribution in [3.8, 4) is 0 Å². The van der Waals surface area contributed by atoms with Gasteiger partial charge in [0, 0.05) is 5.54 Å². The molecule has 0 unspecified atom stereocenters. The topological polar surface area (TPSA) is 15.3 Å². The van der Waals surface area contributed by atoms with E-state index in [2.05, 4.69) is 38.0 Å². The van der Waals surface area contributed by atoms with Gasteiger partial charge in [-0.05, 0) is 59.3 Å². The summed E-state index contributed by atoms with van der Waals surface area (Å²) >= 11 is 0. The predicted octanol–water partition coefficient (Wildman–Crippen LogP) is 1.72. The van der Waals surface area contributed by atoms with Crippen LogP contribution in [0.1, 0.15) is 33.6 Å². The number of nitrogens with zero attached hydrogens (tertiary/aromatic N) is 1. The average molecular weight is 184 g/mol. The first kappa shape index (κ1) is 11.0. The summed E-state index contributed by atoms with van der Waals surface area (Å²) in [5, 5.41) is 3.32. The molecule has 2 nitrogen and oxygen atoms in total. The van der Waals surface area contributed by atoms with Gasteiger partial charge in [0.1, 0.15) is 0 Å². The molecule has 1 N–H and O–H groups in total. The average Bonchev–Trinajstić information content (AvgIpc) is 2.01. The molecule has 0 aromatic rings. The lowest BCUT2D eigenvalue weighted by molar-refractivity contribution is 0.134. The maximum atomic E-state index is 3.32. The Morgan fingerprint density at radius 3 is 2.38 bits per heavy atom. The number of hydrogen-bond acceptors (Lipinski definition) is 2. The number of nitrogens with one attached hydrogen (secondary N) is 1. The van der Waals surface area contributed by atoms with Crippen molar-refractivity contribution in [1.29, 1.82) is 0 Å². The Kier molecular flexibility index (Phi) is 3.74. The molecule has 1 aliphatic heterocycles. The second kappa shape index (κ2) is 4.43. The van der Waals surface area contributed by atoms with Crippen LogP contribution in [0.25, 0.3) is 0 Å². The van der Waals surface area contributed by atoms with Gasteiger partial charge in [0.15, 0.2) is 0 Å². The number of hydrogen-bond donors (Lipinski definition) is 1. The minimum atomic E-state index is 0.372. The summed E-state index contributed by atoms with van der Waals surface area (Å²) in [7, 11) is 2.25. The molecule has 0 amide bonds. The van der Waals surface area contributed by atoms with Crippen molar-refractivity contribution >= 4 is 0 Å². The van der Waals surface area contributed by atoms with E-state index < -0.39 is 0 Å². The van der Waals surface area contributed by atoms with Gasteiger partial charge in [-0.15, -0.1) is 0 Å². The SMILES string of the molecule is CCC(C)(C)N(C)CCC1CNC1. The van der Waals surface area contributed by atoms with E-state index >= 15 is 0 Å². The largest absolute Gasteiger partial charge is 0.316 e. The fraction of sp³-hybridized carbons (Fsp3) is 1.00. The lowest BCUT2D eigenvalue weighted by Crippen LogP contribution is -2.46. The molecule has 0 atom stereocenters. The Bertz CT molecular complexity index is 150. The van der Waals surface area contributed by atoms with E-state index in [0.29, 0.717) is 5.54 Å². The molecule has 1 fully saturated rings. The maximum Gasteiger partial charge on any atom is 0.0147 e. The van der Waals surface area contributed by atoms with Crippen LogP contribution in [0.4, 0.5) is 0 Å². The van der Waals surface area contributed by atoms with Gasteiger partial charge in [-0.25, -0.2) is 0 Å². The molecule has 1 heterocycles. The van der Waals surface area contributed by atoms with Crippen LogP contribution in [0.5, 0.6) is 0 Å². The van der Waals surface area contributed by atoms with Crippen molar-refractivity contribution < 1.29 is 0 Å². The summed E-state index contributed by atoms with van der Waals surface area (Å²) in [6.07, 6.45) is 2.58. The standard InChI is InChI=1S/C11H24N2/c1-5-11(2,3)13(4)7-6-10-8-12-9-10/h10,12H,5-9H2,1-4H3. The normalized spacial score (nSPS) is 19.2. The zero-order valence-electron chi connectivity index (χ0n) is 9.56. The fourth-order valence-electron chi connectivity index (χ4n) is 1.50. The molecule has 1 rings (SSSR count). The minimum Gasteiger partial charge on any atom is -0.316 e. The highest BCUT2D eigenvalue weighted by atomic mass is 15.2. The Labute approximate surface area is 82.7 Å². The van der Waals surface area contributed by atoms with Gasteiger partial charge in [0.05, 0.1) is 0 Å². The first-order chi connectivity index (χ1) is 6.06. The summed E-state index contributed by atoms with van der Waals surface area (Å²) in [4.78, 5) is 2.49. The van der Waals surface area contributed by atoms with Crippen LogP contribution in [0, 0.1) is 5.92 Å². The lowest BCUT2D eigenvalue weighted by Gasteiger charge is -2.37. The highest BCUT2D eigenvalue weighted by Gasteiger charge is 2.23. The first-order valence-electron chi connectivity index (χ1n) is 5.48. The Hall–Kier alpha value is -0.0800. The summed E-state index contributed by atoms with van der Waals surface area (Å²) in [5.41, 5.74) is 0.372. The summed E-state index contributed by atoms with van der Waals surface area (Å²) < 4.78 is 0. The van der Waals surface area contributed by atoms with Gasteiger partial charge in [-0.2, -0.15) is 0 Å². The van der Waals surface area contributed by atoms with Crippen LogP contribution >= 0.6 is 0 Å². The van der Waals surface area contributed by atoms with Gasteiger partial charge < -0.3 is 10.2 Å². The molecular weight excluding hydrogens is 160 g/mol. The summed E-state index contributed by atoms with van der Waals surface area (Å²) in [6, 6.07) is 0. The third-order valence-corrected chi connectivity index (χ3v) is 3.64. The molecule has 13 heavy (non-hydrogen) atoms. The number of rotatable bonds is 5. The minimum absolute atomic E-state index is 0.372. The van der Waals surface area contributed by atoms with Crippen molar-refractivity contribution in [2.75, 3.05) is 26.7 Å². The second-order valence-corrected chi connectivity index (χ2v) is 4.90. The molecule has 0 radical (unpaired) electrons. The van der Waals surface area contributed by atoms with Gasteiger partial charge >= 0.3 is 0 Å². The first-order valence-corrected chi connectivity index (χ1v) is 5.48. The molecule has 1 saturated heterocycles. The van der Waals surface area contributed by atoms with Crippen LogP contribution < -0.4 is 5.32 Å². The van der Waals surface area contributed by atoms with Gasteiger partial charge in [-0.1, -0.05) is 6.92 Å². The molecule has 0 spiro atoms. The summed E-state index contributed by atoms with van der Waals surface area (Å²) in [5.74, 6) is 0.940. The summed E-state index contributed by atoms with van der Waals surface area (Å²) in [6.45, 7) is 10.6.